The summed E-state index contributed by atoms with van der Waals surface area (Å²) < 4.78 is 5.33. The van der Waals surface area contributed by atoms with Crippen LogP contribution in [0, 0.1) is 70.0 Å². The van der Waals surface area contributed by atoms with Crippen molar-refractivity contribution >= 4 is 80.7 Å². The fourth-order valence-corrected chi connectivity index (χ4v) is 9.53. The quantitative estimate of drug-likeness (QED) is 0.123. The molecule has 23 heteroatoms. The Bertz CT molecular complexity index is 2470. The Kier molecular flexibility index (Phi) is 9.93. The topological polar surface area (TPSA) is 283 Å². The molecule has 2 aliphatic heterocycles. The van der Waals surface area contributed by atoms with Gasteiger partial charge >= 0.3 is 22.7 Å². The van der Waals surface area contributed by atoms with Crippen molar-refractivity contribution in [3.63, 3.8) is 0 Å². The monoisotopic (exact) mass is 848 g/mol. The number of anilines is 4. The molecule has 22 nitrogen and oxygen atoms in total. The van der Waals surface area contributed by atoms with Crippen molar-refractivity contribution in [3.8, 4) is 11.5 Å². The first-order valence-electron chi connectivity index (χ1n) is 18.0. The summed E-state index contributed by atoms with van der Waals surface area (Å²) in [5, 5.41) is 59.2. The maximum atomic E-state index is 14.7. The van der Waals surface area contributed by atoms with Crippen LogP contribution in [0.4, 0.5) is 45.5 Å². The van der Waals surface area contributed by atoms with Gasteiger partial charge in [0, 0.05) is 58.4 Å². The number of carbonyl (C=O) groups excluding carboxylic acids is 4. The number of amides is 4. The van der Waals surface area contributed by atoms with Gasteiger partial charge in [-0.1, -0.05) is 23.3 Å². The number of ether oxygens (including phenoxy) is 1. The van der Waals surface area contributed by atoms with E-state index in [0.717, 1.165) is 34.1 Å². The molecule has 312 valence electrons. The normalized spacial score (nSPS) is 23.1. The number of fused-ring (bicyclic) bond motifs is 4. The van der Waals surface area contributed by atoms with E-state index in [1.807, 2.05) is 0 Å². The summed E-state index contributed by atoms with van der Waals surface area (Å²) >= 11 is 6.43. The molecule has 4 amide bonds. The zero-order valence-corrected chi connectivity index (χ0v) is 32.9. The number of imide groups is 2. The molecule has 7 rings (SSSR count). The van der Waals surface area contributed by atoms with E-state index in [1.165, 1.54) is 47.4 Å². The van der Waals surface area contributed by atoms with Gasteiger partial charge in [-0.25, -0.2) is 9.80 Å². The van der Waals surface area contributed by atoms with Crippen LogP contribution in [0.2, 0.25) is 5.02 Å². The Hall–Kier alpha value is -7.23. The van der Waals surface area contributed by atoms with Gasteiger partial charge in [-0.2, -0.15) is 0 Å². The number of halogens is 1. The van der Waals surface area contributed by atoms with E-state index < -0.39 is 124 Å². The Morgan fingerprint density at radius 2 is 1.10 bits per heavy atom. The van der Waals surface area contributed by atoms with Gasteiger partial charge in [-0.3, -0.25) is 59.6 Å². The van der Waals surface area contributed by atoms with Crippen molar-refractivity contribution < 1.29 is 48.7 Å². The predicted molar refractivity (Wildman–Crippen MR) is 210 cm³/mol. The summed E-state index contributed by atoms with van der Waals surface area (Å²) in [4.78, 5) is 107. The van der Waals surface area contributed by atoms with E-state index in [2.05, 4.69) is 0 Å². The molecule has 0 radical (unpaired) electrons. The molecular weight excluding hydrogens is 816 g/mol. The molecule has 6 atom stereocenters. The van der Waals surface area contributed by atoms with Gasteiger partial charge in [0.05, 0.1) is 66.9 Å². The molecule has 0 aromatic heterocycles. The van der Waals surface area contributed by atoms with E-state index in [4.69, 9.17) is 16.3 Å². The van der Waals surface area contributed by atoms with Gasteiger partial charge < -0.3 is 19.6 Å². The summed E-state index contributed by atoms with van der Waals surface area (Å²) in [6.07, 6.45) is 1.28. The van der Waals surface area contributed by atoms with Crippen LogP contribution in [0.25, 0.3) is 0 Å². The van der Waals surface area contributed by atoms with Gasteiger partial charge in [0.1, 0.15) is 0 Å². The highest BCUT2D eigenvalue weighted by molar-refractivity contribution is 6.32. The minimum atomic E-state index is -1.30. The van der Waals surface area contributed by atoms with E-state index in [9.17, 15) is 64.7 Å². The molecule has 1 N–H and O–H groups in total. The lowest BCUT2D eigenvalue weighted by Crippen LogP contribution is -2.43. The number of aromatic hydroxyl groups is 1. The van der Waals surface area contributed by atoms with Gasteiger partial charge in [0.25, 0.3) is 0 Å². The van der Waals surface area contributed by atoms with E-state index >= 15 is 0 Å². The lowest BCUT2D eigenvalue weighted by molar-refractivity contribution is -0.392. The molecule has 2 saturated heterocycles. The molecule has 3 aromatic carbocycles. The lowest BCUT2D eigenvalue weighted by Gasteiger charge is -2.44. The number of benzene rings is 3. The molecule has 2 heterocycles. The largest absolute Gasteiger partial charge is 0.503 e. The van der Waals surface area contributed by atoms with Crippen molar-refractivity contribution in [3.05, 3.63) is 99.1 Å². The first-order valence-corrected chi connectivity index (χ1v) is 18.4. The summed E-state index contributed by atoms with van der Waals surface area (Å²) in [5.74, 6) is -11.1. The average Bonchev–Trinajstić information content (AvgIpc) is 3.59. The second kappa shape index (κ2) is 14.5. The Morgan fingerprint density at radius 1 is 0.667 bits per heavy atom. The van der Waals surface area contributed by atoms with Crippen molar-refractivity contribution in [2.45, 2.75) is 18.8 Å². The number of phenolic OH excluding ortho intramolecular Hbond substituents is 1. The molecule has 6 unspecified atom stereocenters. The van der Waals surface area contributed by atoms with Gasteiger partial charge in [-0.05, 0) is 36.5 Å². The van der Waals surface area contributed by atoms with Crippen LogP contribution >= 0.6 is 11.6 Å². The predicted octanol–water partition coefficient (Wildman–Crippen LogP) is 4.86. The third-order valence-electron chi connectivity index (χ3n) is 11.6. The van der Waals surface area contributed by atoms with Crippen LogP contribution < -0.4 is 24.3 Å². The molecular formula is C37H33ClN8O14. The number of hydrogen-bond acceptors (Lipinski definition) is 16. The molecule has 60 heavy (non-hydrogen) atoms. The number of rotatable bonds is 10. The fraction of sp³-hybridized carbons (Fsp3) is 0.351. The zero-order chi connectivity index (χ0) is 44.0. The molecule has 2 aliphatic carbocycles. The van der Waals surface area contributed by atoms with Crippen molar-refractivity contribution in [2.24, 2.45) is 29.6 Å². The van der Waals surface area contributed by atoms with Crippen LogP contribution in [0.5, 0.6) is 11.5 Å². The number of nitro groups is 4. The van der Waals surface area contributed by atoms with E-state index in [-0.39, 0.29) is 34.9 Å². The summed E-state index contributed by atoms with van der Waals surface area (Å²) in [6, 6.07) is 6.25. The summed E-state index contributed by atoms with van der Waals surface area (Å²) in [5.41, 5.74) is -4.02. The third-order valence-corrected chi connectivity index (χ3v) is 11.9. The van der Waals surface area contributed by atoms with Crippen LogP contribution in [0.3, 0.4) is 0 Å². The van der Waals surface area contributed by atoms with Gasteiger partial charge in [0.15, 0.2) is 22.9 Å². The molecule has 0 bridgehead atoms. The second-order valence-corrected chi connectivity index (χ2v) is 15.5. The third kappa shape index (κ3) is 6.08. The van der Waals surface area contributed by atoms with Crippen LogP contribution in [0.1, 0.15) is 24.3 Å². The highest BCUT2D eigenvalue weighted by Gasteiger charge is 2.63. The smallest absolute Gasteiger partial charge is 0.301 e. The lowest BCUT2D eigenvalue weighted by atomic mass is 9.57. The second-order valence-electron chi connectivity index (χ2n) is 15.1. The van der Waals surface area contributed by atoms with Crippen LogP contribution in [-0.4, -0.2) is 83.7 Å². The van der Waals surface area contributed by atoms with Crippen molar-refractivity contribution in [1.29, 1.82) is 0 Å². The number of hydrogen-bond donors (Lipinski definition) is 1. The number of nitrogens with zero attached hydrogens (tertiary/aromatic N) is 8. The van der Waals surface area contributed by atoms with Crippen LogP contribution in [-0.2, 0) is 19.2 Å². The minimum Gasteiger partial charge on any atom is -0.503 e. The molecule has 4 aliphatic rings. The maximum absolute atomic E-state index is 14.7. The molecule has 3 aromatic rings. The first-order chi connectivity index (χ1) is 28.2. The van der Waals surface area contributed by atoms with Gasteiger partial charge in [-0.15, -0.1) is 0 Å². The first kappa shape index (κ1) is 40.9. The average molecular weight is 849 g/mol. The number of phenols is 1. The maximum Gasteiger partial charge on any atom is 0.301 e. The number of carbonyl (C=O) groups is 4. The Balaban J connectivity index is 1.39. The molecule has 0 spiro atoms. The summed E-state index contributed by atoms with van der Waals surface area (Å²) in [6.45, 7) is 0. The minimum absolute atomic E-state index is 0.107. The number of methoxy groups -OCH3 is 1. The SMILES string of the molecule is COc1cc(C2C3=CCC4C(=O)N(c5cc([N+](=O)[O-])c(N(C)C)c([N+](=O)[O-])c5)C(=O)C4C3CC3C(=O)N(c4cc([N+](=O)[O-])c(N(C)C)c([N+](=O)[O-])c4)C(=O)C32)cc(Cl)c1O. The molecule has 3 fully saturated rings. The van der Waals surface area contributed by atoms with Crippen LogP contribution in [0.15, 0.2) is 48.0 Å². The Labute approximate surface area is 342 Å². The Morgan fingerprint density at radius 3 is 1.52 bits per heavy atom. The van der Waals surface area contributed by atoms with E-state index in [0.29, 0.717) is 15.4 Å². The highest BCUT2D eigenvalue weighted by Crippen LogP contribution is 2.60. The van der Waals surface area contributed by atoms with Gasteiger partial charge in [0.2, 0.25) is 23.6 Å². The number of nitro benzene ring substituents is 4. The highest BCUT2D eigenvalue weighted by atomic mass is 35.5. The standard InChI is InChI=1S/C37H33ClN8O14/c1-39(2)31-23(43(52)53)10-16(11-24(31)44(54)55)41-34(48)19-7-6-18-20(29(19)36(41)50)14-21-30(28(18)15-8-22(38)33(47)27(9-15)60-5)37(51)42(35(21)49)17-12-25(45(56)57)32(40(3)4)26(13-17)46(58)59/h6,8-13,19-21,28-30,47H,7,14H2,1-5H3. The fourth-order valence-electron chi connectivity index (χ4n) is 9.31. The molecule has 1 saturated carbocycles. The zero-order valence-electron chi connectivity index (χ0n) is 32.1. The van der Waals surface area contributed by atoms with Crippen molar-refractivity contribution in [1.82, 2.24) is 0 Å². The number of allylic oxidation sites excluding steroid dienone is 2. The van der Waals surface area contributed by atoms with Crippen molar-refractivity contribution in [2.75, 3.05) is 54.9 Å². The van der Waals surface area contributed by atoms with E-state index in [1.54, 1.807) is 6.08 Å². The summed E-state index contributed by atoms with van der Waals surface area (Å²) in [7, 11) is 6.63.